The van der Waals surface area contributed by atoms with Crippen molar-refractivity contribution in [3.8, 4) is 5.88 Å². The first-order valence-corrected chi connectivity index (χ1v) is 10.9. The van der Waals surface area contributed by atoms with Crippen molar-refractivity contribution in [2.75, 3.05) is 5.32 Å². The maximum Gasteiger partial charge on any atom is 0.423 e. The van der Waals surface area contributed by atoms with E-state index in [-0.39, 0.29) is 17.9 Å². The van der Waals surface area contributed by atoms with Gasteiger partial charge in [-0.1, -0.05) is 44.7 Å². The Morgan fingerprint density at radius 1 is 1.03 bits per heavy atom. The molecule has 0 radical (unpaired) electrons. The first kappa shape index (κ1) is 22.4. The highest BCUT2D eigenvalue weighted by atomic mass is 19.4. The normalized spacial score (nSPS) is 15.2. The van der Waals surface area contributed by atoms with Crippen molar-refractivity contribution in [1.29, 1.82) is 0 Å². The molecule has 1 aromatic heterocycles. The van der Waals surface area contributed by atoms with Crippen molar-refractivity contribution in [3.63, 3.8) is 0 Å². The standard InChI is InChI=1S/C23H30F3N3O/c1-2-3-4-6-9-17-12-14-18(15-13-17)28-22-27-16-20(23(24,25)26)21(29-22)30-19-10-7-5-8-11-19/h12-16,19H,2-11H2,1H3,(H,27,28,29). The molecule has 30 heavy (non-hydrogen) atoms. The Morgan fingerprint density at radius 2 is 1.77 bits per heavy atom. The third-order valence-electron chi connectivity index (χ3n) is 5.42. The summed E-state index contributed by atoms with van der Waals surface area (Å²) >= 11 is 0. The number of anilines is 2. The average molecular weight is 422 g/mol. The van der Waals surface area contributed by atoms with E-state index in [1.807, 2.05) is 24.3 Å². The van der Waals surface area contributed by atoms with Crippen LogP contribution in [0.3, 0.4) is 0 Å². The summed E-state index contributed by atoms with van der Waals surface area (Å²) in [6, 6.07) is 7.85. The predicted molar refractivity (Wildman–Crippen MR) is 112 cm³/mol. The number of rotatable bonds is 9. The lowest BCUT2D eigenvalue weighted by Gasteiger charge is -2.24. The molecular weight excluding hydrogens is 391 g/mol. The van der Waals surface area contributed by atoms with E-state index in [9.17, 15) is 13.2 Å². The van der Waals surface area contributed by atoms with Gasteiger partial charge in [0.25, 0.3) is 0 Å². The van der Waals surface area contributed by atoms with E-state index < -0.39 is 11.7 Å². The van der Waals surface area contributed by atoms with Gasteiger partial charge in [-0.25, -0.2) is 4.98 Å². The van der Waals surface area contributed by atoms with Crippen molar-refractivity contribution < 1.29 is 17.9 Å². The second kappa shape index (κ2) is 10.6. The zero-order valence-electron chi connectivity index (χ0n) is 17.5. The van der Waals surface area contributed by atoms with Crippen LogP contribution >= 0.6 is 0 Å². The summed E-state index contributed by atoms with van der Waals surface area (Å²) in [4.78, 5) is 7.92. The van der Waals surface area contributed by atoms with E-state index in [1.165, 1.54) is 24.8 Å². The molecule has 7 heteroatoms. The molecule has 4 nitrogen and oxygen atoms in total. The maximum atomic E-state index is 13.4. The van der Waals surface area contributed by atoms with Crippen LogP contribution in [-0.2, 0) is 12.6 Å². The Bertz CT molecular complexity index is 787. The molecule has 0 saturated heterocycles. The number of nitrogens with one attached hydrogen (secondary N) is 1. The van der Waals surface area contributed by atoms with Gasteiger partial charge in [0.2, 0.25) is 11.8 Å². The van der Waals surface area contributed by atoms with E-state index in [4.69, 9.17) is 4.74 Å². The van der Waals surface area contributed by atoms with Gasteiger partial charge in [-0.15, -0.1) is 0 Å². The molecule has 0 amide bonds. The fraction of sp³-hybridized carbons (Fsp3) is 0.565. The van der Waals surface area contributed by atoms with E-state index in [1.54, 1.807) is 0 Å². The predicted octanol–water partition coefficient (Wildman–Crippen LogP) is 7.07. The number of benzene rings is 1. The number of aryl methyl sites for hydroxylation is 1. The monoisotopic (exact) mass is 421 g/mol. The third kappa shape index (κ3) is 6.61. The fourth-order valence-electron chi connectivity index (χ4n) is 3.69. The molecule has 0 unspecified atom stereocenters. The van der Waals surface area contributed by atoms with Crippen LogP contribution in [0.2, 0.25) is 0 Å². The Morgan fingerprint density at radius 3 is 2.43 bits per heavy atom. The number of halogens is 3. The number of alkyl halides is 3. The van der Waals surface area contributed by atoms with Gasteiger partial charge in [-0.05, 0) is 56.2 Å². The number of hydrogen-bond donors (Lipinski definition) is 1. The highest BCUT2D eigenvalue weighted by Gasteiger charge is 2.37. The second-order valence-corrected chi connectivity index (χ2v) is 7.92. The minimum Gasteiger partial charge on any atom is -0.474 e. The van der Waals surface area contributed by atoms with Crippen LogP contribution in [0.25, 0.3) is 0 Å². The number of unbranched alkanes of at least 4 members (excludes halogenated alkanes) is 3. The Hall–Kier alpha value is -2.31. The molecule has 1 fully saturated rings. The fourth-order valence-corrected chi connectivity index (χ4v) is 3.69. The van der Waals surface area contributed by atoms with Gasteiger partial charge in [0, 0.05) is 11.9 Å². The van der Waals surface area contributed by atoms with Crippen LogP contribution in [-0.4, -0.2) is 16.1 Å². The third-order valence-corrected chi connectivity index (χ3v) is 5.42. The summed E-state index contributed by atoms with van der Waals surface area (Å²) in [5.74, 6) is -0.288. The zero-order valence-corrected chi connectivity index (χ0v) is 17.5. The molecule has 1 aliphatic rings. The summed E-state index contributed by atoms with van der Waals surface area (Å²) in [5, 5.41) is 2.99. The lowest BCUT2D eigenvalue weighted by molar-refractivity contribution is -0.140. The van der Waals surface area contributed by atoms with Crippen LogP contribution in [0.4, 0.5) is 24.8 Å². The molecule has 164 valence electrons. The molecule has 1 aromatic carbocycles. The van der Waals surface area contributed by atoms with Crippen LogP contribution in [0.15, 0.2) is 30.5 Å². The molecule has 3 rings (SSSR count). The topological polar surface area (TPSA) is 47.0 Å². The van der Waals surface area contributed by atoms with Gasteiger partial charge < -0.3 is 10.1 Å². The maximum absolute atomic E-state index is 13.4. The van der Waals surface area contributed by atoms with Gasteiger partial charge in [0.15, 0.2) is 0 Å². The van der Waals surface area contributed by atoms with Crippen LogP contribution in [0, 0.1) is 0 Å². The van der Waals surface area contributed by atoms with Gasteiger partial charge in [-0.3, -0.25) is 0 Å². The molecule has 1 aliphatic carbocycles. The molecular formula is C23H30F3N3O. The number of ether oxygens (including phenoxy) is 1. The number of hydrogen-bond acceptors (Lipinski definition) is 4. The first-order valence-electron chi connectivity index (χ1n) is 10.9. The smallest absolute Gasteiger partial charge is 0.423 e. The minimum atomic E-state index is -4.55. The molecule has 0 atom stereocenters. The van der Waals surface area contributed by atoms with E-state index >= 15 is 0 Å². The number of nitrogens with zero attached hydrogens (tertiary/aromatic N) is 2. The average Bonchev–Trinajstić information content (AvgIpc) is 2.72. The highest BCUT2D eigenvalue weighted by Crippen LogP contribution is 2.36. The van der Waals surface area contributed by atoms with Crippen LogP contribution < -0.4 is 10.1 Å². The van der Waals surface area contributed by atoms with Gasteiger partial charge in [0.1, 0.15) is 11.7 Å². The molecule has 1 heterocycles. The molecule has 0 aliphatic heterocycles. The summed E-state index contributed by atoms with van der Waals surface area (Å²) in [7, 11) is 0. The summed E-state index contributed by atoms with van der Waals surface area (Å²) in [6.07, 6.45) is 6.41. The van der Waals surface area contributed by atoms with Crippen LogP contribution in [0.5, 0.6) is 5.88 Å². The second-order valence-electron chi connectivity index (χ2n) is 7.92. The lowest BCUT2D eigenvalue weighted by Crippen LogP contribution is -2.22. The SMILES string of the molecule is CCCCCCc1ccc(Nc2ncc(C(F)(F)F)c(OC3CCCCC3)n2)cc1. The van der Waals surface area contributed by atoms with Crippen LogP contribution in [0.1, 0.15) is 75.8 Å². The molecule has 0 bridgehead atoms. The van der Waals surface area contributed by atoms with E-state index in [2.05, 4.69) is 22.2 Å². The highest BCUT2D eigenvalue weighted by molar-refractivity contribution is 5.54. The van der Waals surface area contributed by atoms with Crippen molar-refractivity contribution >= 4 is 11.6 Å². The Kier molecular flexibility index (Phi) is 7.94. The van der Waals surface area contributed by atoms with E-state index in [0.717, 1.165) is 56.8 Å². The molecule has 0 spiro atoms. The largest absolute Gasteiger partial charge is 0.474 e. The van der Waals surface area contributed by atoms with Crippen molar-refractivity contribution in [2.24, 2.45) is 0 Å². The van der Waals surface area contributed by atoms with Crippen molar-refractivity contribution in [3.05, 3.63) is 41.6 Å². The molecule has 1 N–H and O–H groups in total. The Balaban J connectivity index is 1.68. The summed E-state index contributed by atoms with van der Waals surface area (Å²) < 4.78 is 45.8. The summed E-state index contributed by atoms with van der Waals surface area (Å²) in [5.41, 5.74) is 1.04. The van der Waals surface area contributed by atoms with Gasteiger partial charge >= 0.3 is 6.18 Å². The molecule has 1 saturated carbocycles. The van der Waals surface area contributed by atoms with Gasteiger partial charge in [0.05, 0.1) is 0 Å². The Labute approximate surface area is 176 Å². The van der Waals surface area contributed by atoms with Gasteiger partial charge in [-0.2, -0.15) is 18.2 Å². The van der Waals surface area contributed by atoms with E-state index in [0.29, 0.717) is 0 Å². The zero-order chi connectivity index (χ0) is 21.4. The molecule has 2 aromatic rings. The first-order chi connectivity index (χ1) is 14.5. The van der Waals surface area contributed by atoms with Crippen molar-refractivity contribution in [1.82, 2.24) is 9.97 Å². The number of aromatic nitrogens is 2. The minimum absolute atomic E-state index is 0.101. The van der Waals surface area contributed by atoms with Crippen molar-refractivity contribution in [2.45, 2.75) is 83.4 Å². The lowest BCUT2D eigenvalue weighted by atomic mass is 9.98. The quantitative estimate of drug-likeness (QED) is 0.440. The summed E-state index contributed by atoms with van der Waals surface area (Å²) in [6.45, 7) is 2.19.